The molecule has 0 aliphatic carbocycles. The number of carbonyl (C=O) groups excluding carboxylic acids is 1. The number of benzene rings is 1. The Morgan fingerprint density at radius 3 is 2.46 bits per heavy atom. The van der Waals surface area contributed by atoms with E-state index in [0.717, 1.165) is 25.2 Å². The molecule has 1 heterocycles. The molecule has 0 N–H and O–H groups in total. The van der Waals surface area contributed by atoms with E-state index < -0.39 is 10.3 Å². The van der Waals surface area contributed by atoms with Crippen molar-refractivity contribution < 1.29 is 9.72 Å². The van der Waals surface area contributed by atoms with E-state index in [4.69, 9.17) is 11.6 Å². The Bertz CT molecular complexity index is 655. The van der Waals surface area contributed by atoms with Crippen LogP contribution < -0.4 is 4.90 Å². The van der Waals surface area contributed by atoms with Gasteiger partial charge in [0.2, 0.25) is 5.91 Å². The number of halogens is 1. The SMILES string of the molecule is Cc1cc(N2CCCN(C(=O)C(C)(C)C)CC2)c(Cl)cc1[N+](=O)[O-]. The van der Waals surface area contributed by atoms with Crippen molar-refractivity contribution in [2.45, 2.75) is 34.1 Å². The molecule has 24 heavy (non-hydrogen) atoms. The first-order valence-corrected chi connectivity index (χ1v) is 8.48. The number of nitro groups is 1. The minimum atomic E-state index is -0.419. The highest BCUT2D eigenvalue weighted by Gasteiger charge is 2.29. The lowest BCUT2D eigenvalue weighted by atomic mass is 9.94. The fourth-order valence-corrected chi connectivity index (χ4v) is 3.21. The Kier molecular flexibility index (Phi) is 5.38. The number of hydrogen-bond acceptors (Lipinski definition) is 4. The zero-order valence-corrected chi connectivity index (χ0v) is 15.4. The number of carbonyl (C=O) groups is 1. The van der Waals surface area contributed by atoms with Crippen molar-refractivity contribution in [3.63, 3.8) is 0 Å². The topological polar surface area (TPSA) is 66.7 Å². The lowest BCUT2D eigenvalue weighted by Gasteiger charge is -2.29. The van der Waals surface area contributed by atoms with Crippen LogP contribution in [0.2, 0.25) is 5.02 Å². The maximum absolute atomic E-state index is 12.5. The molecule has 0 saturated carbocycles. The summed E-state index contributed by atoms with van der Waals surface area (Å²) in [6.45, 7) is 10.3. The minimum absolute atomic E-state index is 0.0307. The van der Waals surface area contributed by atoms with E-state index >= 15 is 0 Å². The van der Waals surface area contributed by atoms with Gasteiger partial charge in [0.05, 0.1) is 15.6 Å². The van der Waals surface area contributed by atoms with Gasteiger partial charge in [0.1, 0.15) is 0 Å². The van der Waals surface area contributed by atoms with E-state index in [2.05, 4.69) is 4.90 Å². The van der Waals surface area contributed by atoms with Gasteiger partial charge in [0.15, 0.2) is 0 Å². The summed E-state index contributed by atoms with van der Waals surface area (Å²) < 4.78 is 0. The zero-order chi connectivity index (χ0) is 18.1. The van der Waals surface area contributed by atoms with E-state index in [9.17, 15) is 14.9 Å². The third-order valence-corrected chi connectivity index (χ3v) is 4.53. The third-order valence-electron chi connectivity index (χ3n) is 4.23. The Labute approximate surface area is 147 Å². The third kappa shape index (κ3) is 3.98. The first kappa shape index (κ1) is 18.5. The van der Waals surface area contributed by atoms with E-state index in [1.54, 1.807) is 13.0 Å². The molecule has 1 aliphatic rings. The smallest absolute Gasteiger partial charge is 0.273 e. The van der Waals surface area contributed by atoms with E-state index in [0.29, 0.717) is 23.7 Å². The molecule has 0 radical (unpaired) electrons. The number of nitro benzene ring substituents is 1. The Balaban J connectivity index is 2.19. The molecule has 0 unspecified atom stereocenters. The van der Waals surface area contributed by atoms with Gasteiger partial charge in [-0.15, -0.1) is 0 Å². The molecule has 1 saturated heterocycles. The average molecular weight is 354 g/mol. The molecule has 1 fully saturated rings. The highest BCUT2D eigenvalue weighted by Crippen LogP contribution is 2.33. The summed E-state index contributed by atoms with van der Waals surface area (Å²) in [5, 5.41) is 11.4. The van der Waals surface area contributed by atoms with Crippen molar-refractivity contribution in [3.05, 3.63) is 32.8 Å². The maximum Gasteiger partial charge on any atom is 0.273 e. The van der Waals surface area contributed by atoms with E-state index in [1.807, 2.05) is 25.7 Å². The highest BCUT2D eigenvalue weighted by molar-refractivity contribution is 6.33. The van der Waals surface area contributed by atoms with Crippen LogP contribution in [0.3, 0.4) is 0 Å². The first-order valence-electron chi connectivity index (χ1n) is 8.10. The predicted molar refractivity (Wildman–Crippen MR) is 95.7 cm³/mol. The maximum atomic E-state index is 12.5. The fourth-order valence-electron chi connectivity index (χ4n) is 2.93. The van der Waals surface area contributed by atoms with Crippen LogP contribution in [0.15, 0.2) is 12.1 Å². The molecule has 1 aromatic rings. The lowest BCUT2D eigenvalue weighted by molar-refractivity contribution is -0.385. The number of aryl methyl sites for hydroxylation is 1. The van der Waals surface area contributed by atoms with Crippen LogP contribution in [-0.2, 0) is 4.79 Å². The first-order chi connectivity index (χ1) is 11.1. The number of amides is 1. The Hall–Kier alpha value is -1.82. The van der Waals surface area contributed by atoms with Gasteiger partial charge >= 0.3 is 0 Å². The molecule has 6 nitrogen and oxygen atoms in total. The zero-order valence-electron chi connectivity index (χ0n) is 14.6. The van der Waals surface area contributed by atoms with Crippen LogP contribution in [0.4, 0.5) is 11.4 Å². The number of nitrogens with zero attached hydrogens (tertiary/aromatic N) is 3. The van der Waals surface area contributed by atoms with Gasteiger partial charge in [0, 0.05) is 43.2 Å². The summed E-state index contributed by atoms with van der Waals surface area (Å²) >= 11 is 6.28. The van der Waals surface area contributed by atoms with Gasteiger partial charge in [-0.05, 0) is 19.4 Å². The summed E-state index contributed by atoms with van der Waals surface area (Å²) in [5.41, 5.74) is 1.02. The van der Waals surface area contributed by atoms with Crippen LogP contribution in [0.25, 0.3) is 0 Å². The van der Waals surface area contributed by atoms with Crippen molar-refractivity contribution in [1.82, 2.24) is 4.90 Å². The van der Waals surface area contributed by atoms with E-state index in [1.165, 1.54) is 6.07 Å². The molecular formula is C17H24ClN3O3. The van der Waals surface area contributed by atoms with Crippen LogP contribution in [0.1, 0.15) is 32.8 Å². The normalized spacial score (nSPS) is 16.0. The average Bonchev–Trinajstić information content (AvgIpc) is 2.73. The molecule has 0 bridgehead atoms. The second kappa shape index (κ2) is 6.97. The van der Waals surface area contributed by atoms with Gasteiger partial charge in [-0.1, -0.05) is 32.4 Å². The lowest BCUT2D eigenvalue weighted by Crippen LogP contribution is -2.41. The summed E-state index contributed by atoms with van der Waals surface area (Å²) in [5.74, 6) is 0.148. The molecule has 2 rings (SSSR count). The van der Waals surface area contributed by atoms with Crippen LogP contribution in [-0.4, -0.2) is 41.9 Å². The van der Waals surface area contributed by atoms with Gasteiger partial charge in [-0.25, -0.2) is 0 Å². The molecule has 1 amide bonds. The fraction of sp³-hybridized carbons (Fsp3) is 0.588. The minimum Gasteiger partial charge on any atom is -0.368 e. The number of rotatable bonds is 2. The highest BCUT2D eigenvalue weighted by atomic mass is 35.5. The number of hydrogen-bond donors (Lipinski definition) is 0. The summed E-state index contributed by atoms with van der Waals surface area (Å²) in [6, 6.07) is 3.18. The van der Waals surface area contributed by atoms with Gasteiger partial charge in [-0.2, -0.15) is 0 Å². The Morgan fingerprint density at radius 1 is 1.21 bits per heavy atom. The summed E-state index contributed by atoms with van der Waals surface area (Å²) in [6.07, 6.45) is 0.841. The summed E-state index contributed by atoms with van der Waals surface area (Å²) in [7, 11) is 0. The molecule has 1 aromatic carbocycles. The van der Waals surface area contributed by atoms with Gasteiger partial charge in [-0.3, -0.25) is 14.9 Å². The molecule has 7 heteroatoms. The van der Waals surface area contributed by atoms with E-state index in [-0.39, 0.29) is 11.6 Å². The van der Waals surface area contributed by atoms with Crippen molar-refractivity contribution in [3.8, 4) is 0 Å². The molecule has 0 aromatic heterocycles. The molecule has 1 aliphatic heterocycles. The second-order valence-electron chi connectivity index (χ2n) is 7.23. The van der Waals surface area contributed by atoms with Crippen molar-refractivity contribution in [1.29, 1.82) is 0 Å². The van der Waals surface area contributed by atoms with Crippen LogP contribution in [0.5, 0.6) is 0 Å². The molecule has 132 valence electrons. The second-order valence-corrected chi connectivity index (χ2v) is 7.64. The van der Waals surface area contributed by atoms with Gasteiger partial charge < -0.3 is 9.80 Å². The largest absolute Gasteiger partial charge is 0.368 e. The number of anilines is 1. The van der Waals surface area contributed by atoms with Crippen molar-refractivity contribution >= 4 is 28.9 Å². The quantitative estimate of drug-likeness (QED) is 0.601. The van der Waals surface area contributed by atoms with Crippen molar-refractivity contribution in [2.75, 3.05) is 31.1 Å². The molecule has 0 spiro atoms. The van der Waals surface area contributed by atoms with Gasteiger partial charge in [0.25, 0.3) is 5.69 Å². The predicted octanol–water partition coefficient (Wildman–Crippen LogP) is 3.64. The monoisotopic (exact) mass is 353 g/mol. The molecular weight excluding hydrogens is 330 g/mol. The Morgan fingerprint density at radius 2 is 1.88 bits per heavy atom. The van der Waals surface area contributed by atoms with Crippen LogP contribution in [0, 0.1) is 22.5 Å². The molecule has 0 atom stereocenters. The van der Waals surface area contributed by atoms with Crippen LogP contribution >= 0.6 is 11.6 Å². The standard InChI is InChI=1S/C17H24ClN3O3/c1-12-10-15(13(18)11-14(12)21(23)24)19-6-5-7-20(9-8-19)16(22)17(2,3)4/h10-11H,5-9H2,1-4H3. The van der Waals surface area contributed by atoms with Crippen molar-refractivity contribution in [2.24, 2.45) is 5.41 Å². The summed E-state index contributed by atoms with van der Waals surface area (Å²) in [4.78, 5) is 27.1.